The van der Waals surface area contributed by atoms with Gasteiger partial charge in [0.05, 0.1) is 0 Å². The Morgan fingerprint density at radius 2 is 1.50 bits per heavy atom. The molecule has 0 spiro atoms. The van der Waals surface area contributed by atoms with E-state index in [0.29, 0.717) is 0 Å². The molecule has 0 unspecified atom stereocenters. The number of nitrogens with one attached hydrogen (secondary N) is 1. The van der Waals surface area contributed by atoms with Crippen molar-refractivity contribution in [1.29, 1.82) is 0 Å². The second-order valence-corrected chi connectivity index (χ2v) is 7.79. The van der Waals surface area contributed by atoms with Crippen molar-refractivity contribution in [3.63, 3.8) is 0 Å². The number of benzene rings is 3. The topological polar surface area (TPSA) is 25.0 Å². The molecule has 3 heteroatoms. The fourth-order valence-corrected chi connectivity index (χ4v) is 5.07. The number of aromatic nitrogens is 1. The summed E-state index contributed by atoms with van der Waals surface area (Å²) in [5.74, 6) is 0.880. The molecule has 0 fully saturated rings. The third-order valence-electron chi connectivity index (χ3n) is 4.00. The van der Waals surface area contributed by atoms with Crippen molar-refractivity contribution in [2.24, 2.45) is 0 Å². The van der Waals surface area contributed by atoms with E-state index in [9.17, 15) is 0 Å². The van der Waals surface area contributed by atoms with Gasteiger partial charge in [0.15, 0.2) is 0 Å². The fraction of sp³-hybridized carbons (Fsp3) is 0.0476. The number of fused-ring (bicyclic) bond motifs is 1. The van der Waals surface area contributed by atoms with E-state index in [2.05, 4.69) is 71.7 Å². The summed E-state index contributed by atoms with van der Waals surface area (Å²) in [6, 6.07) is 27.5. The third-order valence-corrected chi connectivity index (χ3v) is 6.38. The summed E-state index contributed by atoms with van der Waals surface area (Å²) < 4.78 is 8.06. The van der Waals surface area contributed by atoms with Crippen molar-refractivity contribution in [2.45, 2.75) is 0 Å². The SMILES string of the molecule is COc1ccc(-c2[nH]c3ccccc3c2[Se]c2ccccc2)cc1. The molecule has 4 aromatic rings. The molecule has 0 radical (unpaired) electrons. The molecule has 2 nitrogen and oxygen atoms in total. The van der Waals surface area contributed by atoms with E-state index < -0.39 is 0 Å². The number of H-pyrrole nitrogens is 1. The van der Waals surface area contributed by atoms with Crippen molar-refractivity contribution in [3.8, 4) is 17.0 Å². The first-order valence-corrected chi connectivity index (χ1v) is 9.54. The van der Waals surface area contributed by atoms with Gasteiger partial charge in [0.2, 0.25) is 0 Å². The predicted molar refractivity (Wildman–Crippen MR) is 102 cm³/mol. The standard InChI is InChI=1S/C21H17NOSe/c1-23-16-13-11-15(12-14-16)20-21(24-17-7-3-2-4-8-17)18-9-5-6-10-19(18)22-20/h2-14,22H,1H3. The second kappa shape index (κ2) is 6.56. The quantitative estimate of drug-likeness (QED) is 0.541. The Kier molecular flexibility index (Phi) is 4.12. The van der Waals surface area contributed by atoms with Gasteiger partial charge in [0.1, 0.15) is 0 Å². The number of ether oxygens (including phenoxy) is 1. The summed E-state index contributed by atoms with van der Waals surface area (Å²) in [6.07, 6.45) is 0. The Hall–Kier alpha value is -2.48. The zero-order valence-electron chi connectivity index (χ0n) is 13.3. The molecule has 1 heterocycles. The van der Waals surface area contributed by atoms with Crippen LogP contribution in [0, 0.1) is 0 Å². The molecule has 0 aliphatic heterocycles. The normalized spacial score (nSPS) is 10.9. The second-order valence-electron chi connectivity index (χ2n) is 5.52. The Labute approximate surface area is 147 Å². The van der Waals surface area contributed by atoms with Crippen LogP contribution in [0.3, 0.4) is 0 Å². The number of aromatic amines is 1. The van der Waals surface area contributed by atoms with Gasteiger partial charge in [-0.3, -0.25) is 0 Å². The minimum atomic E-state index is 0.246. The van der Waals surface area contributed by atoms with Crippen molar-refractivity contribution < 1.29 is 4.74 Å². The first-order valence-electron chi connectivity index (χ1n) is 7.83. The number of methoxy groups -OCH3 is 1. The van der Waals surface area contributed by atoms with Gasteiger partial charge in [0, 0.05) is 0 Å². The van der Waals surface area contributed by atoms with Gasteiger partial charge < -0.3 is 0 Å². The molecular formula is C21H17NOSe. The Bertz CT molecular complexity index is 958. The van der Waals surface area contributed by atoms with E-state index in [4.69, 9.17) is 4.74 Å². The van der Waals surface area contributed by atoms with Crippen LogP contribution in [0.2, 0.25) is 0 Å². The van der Waals surface area contributed by atoms with Crippen molar-refractivity contribution >= 4 is 34.8 Å². The third kappa shape index (κ3) is 2.84. The summed E-state index contributed by atoms with van der Waals surface area (Å²) >= 11 is 0.246. The molecule has 0 aliphatic carbocycles. The molecule has 0 saturated carbocycles. The Morgan fingerprint density at radius 3 is 2.25 bits per heavy atom. The predicted octanol–water partition coefficient (Wildman–Crippen LogP) is 3.50. The maximum atomic E-state index is 5.28. The van der Waals surface area contributed by atoms with Gasteiger partial charge >= 0.3 is 147 Å². The van der Waals surface area contributed by atoms with E-state index in [1.807, 2.05) is 12.1 Å². The molecule has 24 heavy (non-hydrogen) atoms. The molecule has 1 N–H and O–H groups in total. The summed E-state index contributed by atoms with van der Waals surface area (Å²) in [6.45, 7) is 0. The molecular weight excluding hydrogens is 361 g/mol. The molecule has 0 saturated heterocycles. The van der Waals surface area contributed by atoms with Crippen LogP contribution < -0.4 is 13.7 Å². The van der Waals surface area contributed by atoms with E-state index in [0.717, 1.165) is 5.75 Å². The van der Waals surface area contributed by atoms with Crippen molar-refractivity contribution in [2.75, 3.05) is 7.11 Å². The van der Waals surface area contributed by atoms with Gasteiger partial charge in [0.25, 0.3) is 0 Å². The first kappa shape index (κ1) is 15.1. The number of hydrogen-bond donors (Lipinski definition) is 1. The average Bonchev–Trinajstić information content (AvgIpc) is 3.01. The van der Waals surface area contributed by atoms with Crippen molar-refractivity contribution in [1.82, 2.24) is 4.98 Å². The zero-order chi connectivity index (χ0) is 16.4. The van der Waals surface area contributed by atoms with Gasteiger partial charge in [-0.2, -0.15) is 0 Å². The van der Waals surface area contributed by atoms with Crippen molar-refractivity contribution in [3.05, 3.63) is 78.9 Å². The van der Waals surface area contributed by atoms with Crippen LogP contribution in [-0.2, 0) is 0 Å². The Balaban J connectivity index is 1.85. The van der Waals surface area contributed by atoms with Crippen LogP contribution >= 0.6 is 0 Å². The summed E-state index contributed by atoms with van der Waals surface area (Å²) in [4.78, 5) is 3.61. The van der Waals surface area contributed by atoms with Gasteiger partial charge in [-0.05, 0) is 0 Å². The first-order chi connectivity index (χ1) is 11.8. The van der Waals surface area contributed by atoms with Gasteiger partial charge in [-0.25, -0.2) is 0 Å². The van der Waals surface area contributed by atoms with E-state index in [-0.39, 0.29) is 15.0 Å². The maximum absolute atomic E-state index is 5.28. The van der Waals surface area contributed by atoms with Crippen LogP contribution in [0.25, 0.3) is 22.2 Å². The Morgan fingerprint density at radius 1 is 0.792 bits per heavy atom. The van der Waals surface area contributed by atoms with Gasteiger partial charge in [-0.15, -0.1) is 0 Å². The molecule has 118 valence electrons. The van der Waals surface area contributed by atoms with E-state index in [1.54, 1.807) is 7.11 Å². The van der Waals surface area contributed by atoms with Crippen LogP contribution in [0.1, 0.15) is 0 Å². The summed E-state index contributed by atoms with van der Waals surface area (Å²) in [5.41, 5.74) is 3.60. The molecule has 3 aromatic carbocycles. The number of para-hydroxylation sites is 1. The minimum absolute atomic E-state index is 0.246. The fourth-order valence-electron chi connectivity index (χ4n) is 2.79. The molecule has 0 aliphatic rings. The molecule has 1 aromatic heterocycles. The van der Waals surface area contributed by atoms with Crippen LogP contribution in [0.4, 0.5) is 0 Å². The average molecular weight is 378 g/mol. The van der Waals surface area contributed by atoms with Gasteiger partial charge in [-0.1, -0.05) is 0 Å². The van der Waals surface area contributed by atoms with E-state index >= 15 is 0 Å². The zero-order valence-corrected chi connectivity index (χ0v) is 15.0. The number of hydrogen-bond acceptors (Lipinski definition) is 1. The summed E-state index contributed by atoms with van der Waals surface area (Å²) in [7, 11) is 1.70. The molecule has 0 amide bonds. The molecule has 4 rings (SSSR count). The van der Waals surface area contributed by atoms with Crippen LogP contribution in [0.5, 0.6) is 5.75 Å². The van der Waals surface area contributed by atoms with Crippen LogP contribution in [-0.4, -0.2) is 27.1 Å². The number of rotatable bonds is 4. The summed E-state index contributed by atoms with van der Waals surface area (Å²) in [5, 5.41) is 1.31. The molecule has 0 atom stereocenters. The van der Waals surface area contributed by atoms with E-state index in [1.165, 1.54) is 31.1 Å². The monoisotopic (exact) mass is 379 g/mol. The molecule has 0 bridgehead atoms. The van der Waals surface area contributed by atoms with Crippen LogP contribution in [0.15, 0.2) is 78.9 Å².